The molecule has 1 aromatic rings. The molecule has 0 N–H and O–H groups in total. The van der Waals surface area contributed by atoms with E-state index >= 15 is 0 Å². The molecule has 0 saturated carbocycles. The first kappa shape index (κ1) is 11.7. The van der Waals surface area contributed by atoms with Gasteiger partial charge in [-0.2, -0.15) is 11.8 Å². The summed E-state index contributed by atoms with van der Waals surface area (Å²) in [5.74, 6) is 1.13. The normalized spacial score (nSPS) is 10.2. The molecule has 0 unspecified atom stereocenters. The number of ether oxygens (including phenoxy) is 1. The van der Waals surface area contributed by atoms with E-state index in [-0.39, 0.29) is 5.82 Å². The maximum atomic E-state index is 13.3. The Kier molecular flexibility index (Phi) is 5.12. The fraction of sp³-hybridized carbons (Fsp3) is 0.400. The third-order valence-electron chi connectivity index (χ3n) is 1.70. The lowest BCUT2D eigenvalue weighted by atomic mass is 10.2. The fourth-order valence-corrected chi connectivity index (χ4v) is 1.40. The molecule has 1 rings (SSSR count). The zero-order valence-corrected chi connectivity index (χ0v) is 9.50. The first-order chi connectivity index (χ1) is 6.77. The summed E-state index contributed by atoms with van der Waals surface area (Å²) >= 11 is 7.23. The van der Waals surface area contributed by atoms with Gasteiger partial charge in [-0.15, -0.1) is 11.6 Å². The Morgan fingerprint density at radius 1 is 1.50 bits per heavy atom. The van der Waals surface area contributed by atoms with Crippen LogP contribution in [0.5, 0.6) is 5.75 Å². The number of hydrogen-bond donors (Lipinski definition) is 0. The first-order valence-corrected chi connectivity index (χ1v) is 6.17. The van der Waals surface area contributed by atoms with E-state index < -0.39 is 0 Å². The first-order valence-electron chi connectivity index (χ1n) is 4.24. The van der Waals surface area contributed by atoms with E-state index in [1.165, 1.54) is 6.07 Å². The molecule has 0 radical (unpaired) electrons. The number of benzene rings is 1. The topological polar surface area (TPSA) is 9.23 Å². The summed E-state index contributed by atoms with van der Waals surface area (Å²) < 4.78 is 18.5. The number of hydrogen-bond acceptors (Lipinski definition) is 2. The van der Waals surface area contributed by atoms with Crippen molar-refractivity contribution in [1.82, 2.24) is 0 Å². The van der Waals surface area contributed by atoms with Crippen LogP contribution in [0.4, 0.5) is 4.39 Å². The molecule has 0 spiro atoms. The number of halogens is 2. The monoisotopic (exact) mass is 234 g/mol. The molecule has 0 saturated heterocycles. The summed E-state index contributed by atoms with van der Waals surface area (Å²) in [4.78, 5) is 0. The van der Waals surface area contributed by atoms with E-state index in [0.29, 0.717) is 18.2 Å². The molecule has 78 valence electrons. The lowest BCUT2D eigenvalue weighted by Crippen LogP contribution is -2.01. The molecule has 14 heavy (non-hydrogen) atoms. The summed E-state index contributed by atoms with van der Waals surface area (Å²) in [6.07, 6.45) is 1.98. The molecule has 0 aliphatic rings. The van der Waals surface area contributed by atoms with E-state index in [4.69, 9.17) is 16.3 Å². The molecule has 0 heterocycles. The van der Waals surface area contributed by atoms with Gasteiger partial charge in [0.1, 0.15) is 0 Å². The Morgan fingerprint density at radius 2 is 2.29 bits per heavy atom. The highest BCUT2D eigenvalue weighted by Gasteiger charge is 2.03. The van der Waals surface area contributed by atoms with Crippen molar-refractivity contribution < 1.29 is 9.13 Å². The number of thioether (sulfide) groups is 1. The van der Waals surface area contributed by atoms with Crippen LogP contribution in [0.1, 0.15) is 5.56 Å². The molecule has 0 amide bonds. The average Bonchev–Trinajstić information content (AvgIpc) is 2.20. The maximum Gasteiger partial charge on any atom is 0.165 e. The zero-order chi connectivity index (χ0) is 10.4. The van der Waals surface area contributed by atoms with Crippen LogP contribution in [0, 0.1) is 5.82 Å². The minimum atomic E-state index is -0.343. The zero-order valence-electron chi connectivity index (χ0n) is 7.93. The maximum absolute atomic E-state index is 13.3. The van der Waals surface area contributed by atoms with Gasteiger partial charge in [0.2, 0.25) is 0 Å². The second-order valence-corrected chi connectivity index (χ2v) is 3.99. The number of rotatable bonds is 5. The molecule has 1 nitrogen and oxygen atoms in total. The minimum Gasteiger partial charge on any atom is -0.490 e. The van der Waals surface area contributed by atoms with Gasteiger partial charge in [0.05, 0.1) is 6.61 Å². The van der Waals surface area contributed by atoms with E-state index in [1.807, 2.05) is 6.26 Å². The Balaban J connectivity index is 2.59. The summed E-state index contributed by atoms with van der Waals surface area (Å²) in [5.41, 5.74) is 0.765. The molecular weight excluding hydrogens is 223 g/mol. The van der Waals surface area contributed by atoms with Crippen LogP contribution in [0.2, 0.25) is 0 Å². The summed E-state index contributed by atoms with van der Waals surface area (Å²) in [6.45, 7) is 0.526. The van der Waals surface area contributed by atoms with Crippen molar-refractivity contribution in [3.05, 3.63) is 29.6 Å². The van der Waals surface area contributed by atoms with Gasteiger partial charge < -0.3 is 4.74 Å². The standard InChI is InChI=1S/C10H12ClFOS/c1-14-5-4-13-10-3-2-8(7-11)6-9(10)12/h2-3,6H,4-5,7H2,1H3. The van der Waals surface area contributed by atoms with E-state index in [1.54, 1.807) is 23.9 Å². The van der Waals surface area contributed by atoms with Gasteiger partial charge in [0.15, 0.2) is 11.6 Å². The van der Waals surface area contributed by atoms with Crippen molar-refractivity contribution >= 4 is 23.4 Å². The van der Waals surface area contributed by atoms with Crippen LogP contribution in [-0.2, 0) is 5.88 Å². The van der Waals surface area contributed by atoms with Gasteiger partial charge in [-0.3, -0.25) is 0 Å². The second-order valence-electron chi connectivity index (χ2n) is 2.74. The van der Waals surface area contributed by atoms with Crippen LogP contribution >= 0.6 is 23.4 Å². The Bertz CT molecular complexity index is 293. The molecule has 0 bridgehead atoms. The van der Waals surface area contributed by atoms with Crippen molar-refractivity contribution in [1.29, 1.82) is 0 Å². The third kappa shape index (κ3) is 3.39. The Morgan fingerprint density at radius 3 is 2.86 bits per heavy atom. The highest BCUT2D eigenvalue weighted by Crippen LogP contribution is 2.19. The molecular formula is C10H12ClFOS. The smallest absolute Gasteiger partial charge is 0.165 e. The van der Waals surface area contributed by atoms with E-state index in [9.17, 15) is 4.39 Å². The Hall–Kier alpha value is -0.410. The molecule has 0 fully saturated rings. The van der Waals surface area contributed by atoms with Crippen LogP contribution in [0.15, 0.2) is 18.2 Å². The van der Waals surface area contributed by atoms with Crippen molar-refractivity contribution in [2.45, 2.75) is 5.88 Å². The second kappa shape index (κ2) is 6.14. The fourth-order valence-electron chi connectivity index (χ4n) is 0.979. The van der Waals surface area contributed by atoms with Gasteiger partial charge in [0.25, 0.3) is 0 Å². The van der Waals surface area contributed by atoms with E-state index in [0.717, 1.165) is 11.3 Å². The van der Waals surface area contributed by atoms with E-state index in [2.05, 4.69) is 0 Å². The Labute approximate surface area is 92.6 Å². The van der Waals surface area contributed by atoms with Gasteiger partial charge in [-0.25, -0.2) is 4.39 Å². The van der Waals surface area contributed by atoms with Crippen LogP contribution in [-0.4, -0.2) is 18.6 Å². The predicted molar refractivity (Wildman–Crippen MR) is 59.8 cm³/mol. The van der Waals surface area contributed by atoms with Crippen molar-refractivity contribution in [3.8, 4) is 5.75 Å². The van der Waals surface area contributed by atoms with Crippen LogP contribution in [0.3, 0.4) is 0 Å². The average molecular weight is 235 g/mol. The van der Waals surface area contributed by atoms with Gasteiger partial charge >= 0.3 is 0 Å². The van der Waals surface area contributed by atoms with Crippen molar-refractivity contribution in [3.63, 3.8) is 0 Å². The molecule has 1 aromatic carbocycles. The highest BCUT2D eigenvalue weighted by molar-refractivity contribution is 7.98. The van der Waals surface area contributed by atoms with Gasteiger partial charge in [-0.1, -0.05) is 6.07 Å². The predicted octanol–water partition coefficient (Wildman–Crippen LogP) is 3.31. The van der Waals surface area contributed by atoms with Gasteiger partial charge in [0, 0.05) is 11.6 Å². The summed E-state index contributed by atoms with van der Waals surface area (Å²) in [5, 5.41) is 0. The van der Waals surface area contributed by atoms with Crippen molar-refractivity contribution in [2.24, 2.45) is 0 Å². The quantitative estimate of drug-likeness (QED) is 0.571. The lowest BCUT2D eigenvalue weighted by Gasteiger charge is -2.06. The summed E-state index contributed by atoms with van der Waals surface area (Å²) in [6, 6.07) is 4.79. The van der Waals surface area contributed by atoms with Gasteiger partial charge in [-0.05, 0) is 24.0 Å². The van der Waals surface area contributed by atoms with Crippen LogP contribution < -0.4 is 4.74 Å². The number of alkyl halides is 1. The molecule has 0 atom stereocenters. The SMILES string of the molecule is CSCCOc1ccc(CCl)cc1F. The molecule has 0 aliphatic heterocycles. The van der Waals surface area contributed by atoms with Crippen molar-refractivity contribution in [2.75, 3.05) is 18.6 Å². The minimum absolute atomic E-state index is 0.299. The molecule has 4 heteroatoms. The molecule has 0 aliphatic carbocycles. The van der Waals surface area contributed by atoms with Crippen LogP contribution in [0.25, 0.3) is 0 Å². The lowest BCUT2D eigenvalue weighted by molar-refractivity contribution is 0.325. The highest BCUT2D eigenvalue weighted by atomic mass is 35.5. The molecule has 0 aromatic heterocycles. The summed E-state index contributed by atoms with van der Waals surface area (Å²) in [7, 11) is 0. The third-order valence-corrected chi connectivity index (χ3v) is 2.58. The largest absolute Gasteiger partial charge is 0.490 e.